The van der Waals surface area contributed by atoms with Crippen molar-refractivity contribution in [1.29, 1.82) is 0 Å². The molecule has 0 saturated heterocycles. The molecule has 1 N–H and O–H groups in total. The Balaban J connectivity index is 1.91. The van der Waals surface area contributed by atoms with E-state index in [-0.39, 0.29) is 5.97 Å². The normalized spacial score (nSPS) is 10.8. The molecule has 1 heterocycles. The Labute approximate surface area is 128 Å². The molecule has 1 rings (SSSR count). The monoisotopic (exact) mass is 295 g/mol. The van der Waals surface area contributed by atoms with Crippen molar-refractivity contribution in [2.45, 2.75) is 77.7 Å². The minimum atomic E-state index is -0.0902. The van der Waals surface area contributed by atoms with Crippen LogP contribution in [0.3, 0.4) is 0 Å². The molecule has 0 fully saturated rings. The lowest BCUT2D eigenvalue weighted by atomic mass is 10.1. The average Bonchev–Trinajstić information content (AvgIpc) is 2.89. The number of nitrogens with one attached hydrogen (secondary N) is 1. The summed E-state index contributed by atoms with van der Waals surface area (Å²) in [6, 6.07) is 0. The summed E-state index contributed by atoms with van der Waals surface area (Å²) in [7, 11) is 1.93. The van der Waals surface area contributed by atoms with E-state index in [9.17, 15) is 4.79 Å². The van der Waals surface area contributed by atoms with E-state index in [1.54, 1.807) is 0 Å². The zero-order valence-corrected chi connectivity index (χ0v) is 13.7. The Morgan fingerprint density at radius 2 is 1.71 bits per heavy atom. The van der Waals surface area contributed by atoms with Gasteiger partial charge in [0.15, 0.2) is 6.61 Å². The average molecular weight is 295 g/mol. The maximum atomic E-state index is 11.6. The van der Waals surface area contributed by atoms with Gasteiger partial charge in [-0.1, -0.05) is 58.3 Å². The highest BCUT2D eigenvalue weighted by atomic mass is 16.5. The van der Waals surface area contributed by atoms with Gasteiger partial charge in [0.25, 0.3) is 5.82 Å². The lowest BCUT2D eigenvalue weighted by Crippen LogP contribution is -2.31. The van der Waals surface area contributed by atoms with E-state index in [4.69, 9.17) is 4.74 Å². The third-order valence-electron chi connectivity index (χ3n) is 3.83. The summed E-state index contributed by atoms with van der Waals surface area (Å²) in [5.74, 6) is 0.822. The Kier molecular flexibility index (Phi) is 9.58. The van der Waals surface area contributed by atoms with Gasteiger partial charge in [0, 0.05) is 6.42 Å². The molecule has 0 atom stereocenters. The second-order valence-electron chi connectivity index (χ2n) is 5.76. The van der Waals surface area contributed by atoms with Crippen LogP contribution in [0.25, 0.3) is 0 Å². The Bertz CT molecular complexity index is 388. The molecule has 0 radical (unpaired) electrons. The Hall–Kier alpha value is -1.32. The van der Waals surface area contributed by atoms with Gasteiger partial charge in [0.1, 0.15) is 12.4 Å². The van der Waals surface area contributed by atoms with Crippen molar-refractivity contribution < 1.29 is 14.1 Å². The van der Waals surface area contributed by atoms with Crippen LogP contribution in [0.1, 0.15) is 77.0 Å². The summed E-state index contributed by atoms with van der Waals surface area (Å²) < 4.78 is 7.17. The van der Waals surface area contributed by atoms with Crippen molar-refractivity contribution >= 4 is 5.97 Å². The zero-order valence-electron chi connectivity index (χ0n) is 13.7. The molecule has 0 unspecified atom stereocenters. The lowest BCUT2D eigenvalue weighted by Gasteiger charge is -2.03. The standard InChI is InChI=1S/C17H30N2O2/c1-3-4-5-6-7-8-9-10-11-12-17(20)21-15-16-18-13-14-19(16)2/h13-14H,3-12,15H2,1-2H3/p+1. The molecule has 21 heavy (non-hydrogen) atoms. The smallest absolute Gasteiger partial charge is 0.306 e. The second kappa shape index (κ2) is 11.4. The number of unbranched alkanes of at least 4 members (excludes halogenated alkanes) is 8. The molecular weight excluding hydrogens is 264 g/mol. The number of hydrogen-bond acceptors (Lipinski definition) is 2. The number of H-pyrrole nitrogens is 1. The number of aromatic amines is 1. The number of ether oxygens (including phenoxy) is 1. The van der Waals surface area contributed by atoms with Gasteiger partial charge in [0.2, 0.25) is 0 Å². The fourth-order valence-electron chi connectivity index (χ4n) is 2.38. The minimum Gasteiger partial charge on any atom is -0.453 e. The molecule has 1 aromatic rings. The van der Waals surface area contributed by atoms with Crippen molar-refractivity contribution in [3.63, 3.8) is 0 Å². The third kappa shape index (κ3) is 8.53. The molecule has 0 spiro atoms. The van der Waals surface area contributed by atoms with E-state index in [2.05, 4.69) is 11.9 Å². The summed E-state index contributed by atoms with van der Waals surface area (Å²) in [4.78, 5) is 14.7. The first-order valence-corrected chi connectivity index (χ1v) is 8.41. The first-order valence-electron chi connectivity index (χ1n) is 8.41. The van der Waals surface area contributed by atoms with Crippen molar-refractivity contribution in [3.05, 3.63) is 18.2 Å². The SMILES string of the molecule is CCCCCCCCCCCC(=O)OCc1[nH]cc[n+]1C. The van der Waals surface area contributed by atoms with Gasteiger partial charge in [-0.2, -0.15) is 0 Å². The van der Waals surface area contributed by atoms with Crippen LogP contribution in [0.2, 0.25) is 0 Å². The highest BCUT2D eigenvalue weighted by Crippen LogP contribution is 2.10. The lowest BCUT2D eigenvalue weighted by molar-refractivity contribution is -0.679. The molecule has 0 amide bonds. The van der Waals surface area contributed by atoms with Crippen LogP contribution in [0.4, 0.5) is 0 Å². The number of carbonyl (C=O) groups is 1. The Morgan fingerprint density at radius 3 is 2.29 bits per heavy atom. The molecular formula is C17H31N2O2+. The van der Waals surface area contributed by atoms with Gasteiger partial charge in [-0.3, -0.25) is 4.79 Å². The van der Waals surface area contributed by atoms with Crippen LogP contribution < -0.4 is 4.57 Å². The van der Waals surface area contributed by atoms with Crippen molar-refractivity contribution in [1.82, 2.24) is 4.98 Å². The number of esters is 1. The van der Waals surface area contributed by atoms with Crippen molar-refractivity contribution in [2.75, 3.05) is 0 Å². The molecule has 0 bridgehead atoms. The number of aryl methyl sites for hydroxylation is 1. The summed E-state index contributed by atoms with van der Waals surface area (Å²) >= 11 is 0. The van der Waals surface area contributed by atoms with Crippen LogP contribution in [-0.4, -0.2) is 11.0 Å². The maximum Gasteiger partial charge on any atom is 0.306 e. The van der Waals surface area contributed by atoms with E-state index >= 15 is 0 Å². The third-order valence-corrected chi connectivity index (χ3v) is 3.83. The van der Waals surface area contributed by atoms with Gasteiger partial charge in [-0.05, 0) is 6.42 Å². The quantitative estimate of drug-likeness (QED) is 0.362. The molecule has 0 saturated carbocycles. The number of aromatic nitrogens is 2. The fraction of sp³-hybridized carbons (Fsp3) is 0.765. The number of rotatable bonds is 12. The highest BCUT2D eigenvalue weighted by molar-refractivity contribution is 5.69. The molecule has 0 aliphatic carbocycles. The van der Waals surface area contributed by atoms with E-state index in [1.165, 1.54) is 44.9 Å². The summed E-state index contributed by atoms with van der Waals surface area (Å²) in [5, 5.41) is 0. The van der Waals surface area contributed by atoms with E-state index in [0.717, 1.165) is 18.7 Å². The molecule has 4 heteroatoms. The van der Waals surface area contributed by atoms with Crippen LogP contribution >= 0.6 is 0 Å². The van der Waals surface area contributed by atoms with Crippen molar-refractivity contribution in [2.24, 2.45) is 7.05 Å². The minimum absolute atomic E-state index is 0.0902. The van der Waals surface area contributed by atoms with Gasteiger partial charge in [-0.25, -0.2) is 9.55 Å². The largest absolute Gasteiger partial charge is 0.453 e. The van der Waals surface area contributed by atoms with Crippen LogP contribution in [0.5, 0.6) is 0 Å². The number of nitrogens with zero attached hydrogens (tertiary/aromatic N) is 1. The molecule has 1 aromatic heterocycles. The fourth-order valence-corrected chi connectivity index (χ4v) is 2.38. The first-order chi connectivity index (χ1) is 10.2. The Morgan fingerprint density at radius 1 is 1.10 bits per heavy atom. The van der Waals surface area contributed by atoms with Crippen LogP contribution in [0.15, 0.2) is 12.4 Å². The first kappa shape index (κ1) is 17.7. The molecule has 0 aliphatic rings. The van der Waals surface area contributed by atoms with E-state index < -0.39 is 0 Å². The van der Waals surface area contributed by atoms with Crippen molar-refractivity contribution in [3.8, 4) is 0 Å². The predicted octanol–water partition coefficient (Wildman–Crippen LogP) is 3.80. The topological polar surface area (TPSA) is 46.0 Å². The van der Waals surface area contributed by atoms with E-state index in [1.807, 2.05) is 24.0 Å². The number of hydrogen-bond donors (Lipinski definition) is 1. The van der Waals surface area contributed by atoms with Crippen LogP contribution in [0, 0.1) is 0 Å². The summed E-state index contributed by atoms with van der Waals surface area (Å²) in [6.45, 7) is 2.58. The van der Waals surface area contributed by atoms with Gasteiger partial charge < -0.3 is 4.74 Å². The number of carbonyl (C=O) groups excluding carboxylic acids is 1. The molecule has 0 aliphatic heterocycles. The van der Waals surface area contributed by atoms with Gasteiger partial charge in [-0.15, -0.1) is 0 Å². The van der Waals surface area contributed by atoms with Crippen LogP contribution in [-0.2, 0) is 23.2 Å². The van der Waals surface area contributed by atoms with Gasteiger partial charge in [0.05, 0.1) is 7.05 Å². The maximum absolute atomic E-state index is 11.6. The predicted molar refractivity (Wildman–Crippen MR) is 83.6 cm³/mol. The zero-order chi connectivity index (χ0) is 15.3. The summed E-state index contributed by atoms with van der Waals surface area (Å²) in [5.41, 5.74) is 0. The molecule has 4 nitrogen and oxygen atoms in total. The highest BCUT2D eigenvalue weighted by Gasteiger charge is 2.10. The summed E-state index contributed by atoms with van der Waals surface area (Å²) in [6.07, 6.45) is 15.7. The van der Waals surface area contributed by atoms with E-state index in [0.29, 0.717) is 13.0 Å². The second-order valence-corrected chi connectivity index (χ2v) is 5.76. The molecule has 0 aromatic carbocycles. The molecule has 120 valence electrons. The number of imidazole rings is 1. The van der Waals surface area contributed by atoms with Gasteiger partial charge >= 0.3 is 5.97 Å².